The summed E-state index contributed by atoms with van der Waals surface area (Å²) in [5.41, 5.74) is 6.21. The fourth-order valence-electron chi connectivity index (χ4n) is 1.38. The third kappa shape index (κ3) is 3.97. The lowest BCUT2D eigenvalue weighted by molar-refractivity contribution is 0.207. The molecule has 0 saturated carbocycles. The van der Waals surface area contributed by atoms with Gasteiger partial charge in [-0.25, -0.2) is 0 Å². The average Bonchev–Trinajstić information content (AvgIpc) is 2.02. The molecule has 0 bridgehead atoms. The third-order valence-corrected chi connectivity index (χ3v) is 3.85. The van der Waals surface area contributed by atoms with Crippen molar-refractivity contribution in [2.24, 2.45) is 17.6 Å². The molecular formula is C12H28N2. The van der Waals surface area contributed by atoms with E-state index in [1.165, 1.54) is 0 Å². The van der Waals surface area contributed by atoms with Crippen molar-refractivity contribution in [2.45, 2.75) is 59.0 Å². The number of hydrogen-bond donors (Lipinski definition) is 2. The van der Waals surface area contributed by atoms with E-state index in [9.17, 15) is 0 Å². The predicted molar refractivity (Wildman–Crippen MR) is 64.4 cm³/mol. The summed E-state index contributed by atoms with van der Waals surface area (Å²) in [6.45, 7) is 13.2. The van der Waals surface area contributed by atoms with Crippen LogP contribution in [-0.2, 0) is 0 Å². The summed E-state index contributed by atoms with van der Waals surface area (Å²) in [5.74, 6) is 1.18. The van der Waals surface area contributed by atoms with Crippen LogP contribution >= 0.6 is 0 Å². The Hall–Kier alpha value is -0.0800. The van der Waals surface area contributed by atoms with Crippen LogP contribution in [-0.4, -0.2) is 18.1 Å². The van der Waals surface area contributed by atoms with E-state index in [-0.39, 0.29) is 11.1 Å². The molecule has 0 radical (unpaired) electrons. The zero-order chi connectivity index (χ0) is 11.6. The molecule has 0 aromatic rings. The number of rotatable bonds is 5. The topological polar surface area (TPSA) is 38.0 Å². The molecule has 0 spiro atoms. The minimum atomic E-state index is -0.0713. The summed E-state index contributed by atoms with van der Waals surface area (Å²) >= 11 is 0. The second-order valence-electron chi connectivity index (χ2n) is 5.83. The van der Waals surface area contributed by atoms with Gasteiger partial charge in [-0.15, -0.1) is 0 Å². The maximum absolute atomic E-state index is 6.09. The van der Waals surface area contributed by atoms with Crippen molar-refractivity contribution in [1.82, 2.24) is 5.32 Å². The Morgan fingerprint density at radius 2 is 1.50 bits per heavy atom. The fraction of sp³-hybridized carbons (Fsp3) is 1.00. The molecule has 2 atom stereocenters. The van der Waals surface area contributed by atoms with E-state index in [1.807, 2.05) is 7.05 Å². The van der Waals surface area contributed by atoms with E-state index < -0.39 is 0 Å². The highest BCUT2D eigenvalue weighted by Gasteiger charge is 2.29. The van der Waals surface area contributed by atoms with Crippen molar-refractivity contribution < 1.29 is 0 Å². The standard InChI is InChI=1S/C12H28N2/c1-9(11(3,4)13)8-10(2)12(5,6)14-7/h9-10,14H,8,13H2,1-7H3. The molecule has 0 fully saturated rings. The van der Waals surface area contributed by atoms with Gasteiger partial charge in [-0.3, -0.25) is 0 Å². The highest BCUT2D eigenvalue weighted by atomic mass is 14.9. The van der Waals surface area contributed by atoms with Gasteiger partial charge in [0.25, 0.3) is 0 Å². The maximum atomic E-state index is 6.09. The summed E-state index contributed by atoms with van der Waals surface area (Å²) < 4.78 is 0. The molecule has 0 aliphatic heterocycles. The third-order valence-electron chi connectivity index (χ3n) is 3.85. The van der Waals surface area contributed by atoms with Crippen LogP contribution in [0.3, 0.4) is 0 Å². The second kappa shape index (κ2) is 4.63. The van der Waals surface area contributed by atoms with Gasteiger partial charge < -0.3 is 11.1 Å². The average molecular weight is 200 g/mol. The normalized spacial score (nSPS) is 18.0. The maximum Gasteiger partial charge on any atom is 0.0147 e. The molecule has 0 aliphatic rings. The molecule has 2 nitrogen and oxygen atoms in total. The van der Waals surface area contributed by atoms with E-state index in [2.05, 4.69) is 46.9 Å². The SMILES string of the molecule is CNC(C)(C)C(C)CC(C)C(C)(C)N. The molecule has 0 heterocycles. The van der Waals surface area contributed by atoms with Gasteiger partial charge in [0.15, 0.2) is 0 Å². The Morgan fingerprint density at radius 1 is 1.07 bits per heavy atom. The quantitative estimate of drug-likeness (QED) is 0.715. The van der Waals surface area contributed by atoms with Crippen molar-refractivity contribution >= 4 is 0 Å². The minimum absolute atomic E-state index is 0.0713. The summed E-state index contributed by atoms with van der Waals surface area (Å²) in [4.78, 5) is 0. The first-order valence-electron chi connectivity index (χ1n) is 5.59. The van der Waals surface area contributed by atoms with Crippen molar-refractivity contribution in [3.8, 4) is 0 Å². The molecule has 2 heteroatoms. The Kier molecular flexibility index (Phi) is 4.60. The van der Waals surface area contributed by atoms with Crippen molar-refractivity contribution in [2.75, 3.05) is 7.05 Å². The van der Waals surface area contributed by atoms with Gasteiger partial charge in [-0.2, -0.15) is 0 Å². The van der Waals surface area contributed by atoms with Crippen LogP contribution in [0.25, 0.3) is 0 Å². The van der Waals surface area contributed by atoms with Crippen LogP contribution in [0, 0.1) is 11.8 Å². The highest BCUT2D eigenvalue weighted by molar-refractivity contribution is 4.87. The Labute approximate surface area is 89.6 Å². The van der Waals surface area contributed by atoms with Crippen LogP contribution in [0.1, 0.15) is 48.0 Å². The zero-order valence-corrected chi connectivity index (χ0v) is 10.9. The summed E-state index contributed by atoms with van der Waals surface area (Å²) in [7, 11) is 2.02. The molecule has 0 aromatic heterocycles. The molecule has 0 aromatic carbocycles. The lowest BCUT2D eigenvalue weighted by atomic mass is 9.77. The van der Waals surface area contributed by atoms with Gasteiger partial charge in [0.05, 0.1) is 0 Å². The predicted octanol–water partition coefficient (Wildman–Crippen LogP) is 2.38. The van der Waals surface area contributed by atoms with Crippen molar-refractivity contribution in [3.05, 3.63) is 0 Å². The van der Waals surface area contributed by atoms with Crippen molar-refractivity contribution in [3.63, 3.8) is 0 Å². The number of hydrogen-bond acceptors (Lipinski definition) is 2. The van der Waals surface area contributed by atoms with Gasteiger partial charge in [-0.05, 0) is 53.0 Å². The van der Waals surface area contributed by atoms with Crippen LogP contribution in [0.2, 0.25) is 0 Å². The largest absolute Gasteiger partial charge is 0.325 e. The lowest BCUT2D eigenvalue weighted by Crippen LogP contribution is -2.46. The smallest absolute Gasteiger partial charge is 0.0147 e. The van der Waals surface area contributed by atoms with Gasteiger partial charge in [0.2, 0.25) is 0 Å². The van der Waals surface area contributed by atoms with Gasteiger partial charge in [0, 0.05) is 11.1 Å². The molecule has 86 valence electrons. The summed E-state index contributed by atoms with van der Waals surface area (Å²) in [5, 5.41) is 3.36. The van der Waals surface area contributed by atoms with Gasteiger partial charge >= 0.3 is 0 Å². The first kappa shape index (κ1) is 13.9. The fourth-order valence-corrected chi connectivity index (χ4v) is 1.38. The van der Waals surface area contributed by atoms with Gasteiger partial charge in [-0.1, -0.05) is 13.8 Å². The zero-order valence-electron chi connectivity index (χ0n) is 10.9. The highest BCUT2D eigenvalue weighted by Crippen LogP contribution is 2.27. The number of nitrogens with one attached hydrogen (secondary N) is 1. The second-order valence-corrected chi connectivity index (χ2v) is 5.83. The molecule has 0 rings (SSSR count). The van der Waals surface area contributed by atoms with Gasteiger partial charge in [0.1, 0.15) is 0 Å². The van der Waals surface area contributed by atoms with Crippen LogP contribution in [0.4, 0.5) is 0 Å². The van der Waals surface area contributed by atoms with Crippen LogP contribution in [0.5, 0.6) is 0 Å². The van der Waals surface area contributed by atoms with E-state index in [4.69, 9.17) is 5.73 Å². The molecule has 2 unspecified atom stereocenters. The lowest BCUT2D eigenvalue weighted by Gasteiger charge is -2.37. The number of nitrogens with two attached hydrogens (primary N) is 1. The summed E-state index contributed by atoms with van der Waals surface area (Å²) in [6.07, 6.45) is 1.16. The first-order valence-corrected chi connectivity index (χ1v) is 5.59. The van der Waals surface area contributed by atoms with E-state index in [1.54, 1.807) is 0 Å². The van der Waals surface area contributed by atoms with Crippen LogP contribution < -0.4 is 11.1 Å². The summed E-state index contributed by atoms with van der Waals surface area (Å²) in [6, 6.07) is 0. The Balaban J connectivity index is 4.26. The molecule has 0 saturated heterocycles. The van der Waals surface area contributed by atoms with Crippen molar-refractivity contribution in [1.29, 1.82) is 0 Å². The van der Waals surface area contributed by atoms with Crippen LogP contribution in [0.15, 0.2) is 0 Å². The monoisotopic (exact) mass is 200 g/mol. The molecule has 3 N–H and O–H groups in total. The van der Waals surface area contributed by atoms with E-state index >= 15 is 0 Å². The first-order chi connectivity index (χ1) is 6.11. The molecular weight excluding hydrogens is 172 g/mol. The molecule has 0 aliphatic carbocycles. The Bertz CT molecular complexity index is 168. The Morgan fingerprint density at radius 3 is 1.79 bits per heavy atom. The molecule has 14 heavy (non-hydrogen) atoms. The minimum Gasteiger partial charge on any atom is -0.325 e. The van der Waals surface area contributed by atoms with E-state index in [0.29, 0.717) is 11.8 Å². The van der Waals surface area contributed by atoms with E-state index in [0.717, 1.165) is 6.42 Å². The molecule has 0 amide bonds.